The molecule has 0 heterocycles. The van der Waals surface area contributed by atoms with Crippen LogP contribution in [0.2, 0.25) is 0 Å². The summed E-state index contributed by atoms with van der Waals surface area (Å²) in [6.07, 6.45) is -4.44. The first-order valence-corrected chi connectivity index (χ1v) is 4.16. The van der Waals surface area contributed by atoms with Crippen molar-refractivity contribution >= 4 is 5.91 Å². The van der Waals surface area contributed by atoms with Crippen molar-refractivity contribution in [2.24, 2.45) is 0 Å². The highest BCUT2D eigenvalue weighted by Gasteiger charge is 2.28. The third-order valence-corrected chi connectivity index (χ3v) is 1.60. The number of hydroxylamine groups is 1. The fourth-order valence-corrected chi connectivity index (χ4v) is 0.957. The second kappa shape index (κ2) is 4.84. The van der Waals surface area contributed by atoms with Gasteiger partial charge in [0.05, 0.1) is 0 Å². The number of ether oxygens (including phenoxy) is 1. The maximum atomic E-state index is 11.8. The van der Waals surface area contributed by atoms with Gasteiger partial charge in [-0.2, -0.15) is 13.2 Å². The van der Waals surface area contributed by atoms with E-state index in [9.17, 15) is 18.0 Å². The number of carbonyl (C=O) groups is 1. The SMILES string of the molecule is O=C(NO)c1cccc(OCC(F)(F)F)c1. The van der Waals surface area contributed by atoms with E-state index in [1.165, 1.54) is 23.7 Å². The lowest BCUT2D eigenvalue weighted by Crippen LogP contribution is -2.20. The molecule has 0 saturated carbocycles. The molecular weight excluding hydrogens is 227 g/mol. The summed E-state index contributed by atoms with van der Waals surface area (Å²) in [5.74, 6) is -0.920. The van der Waals surface area contributed by atoms with Crippen molar-refractivity contribution in [2.45, 2.75) is 6.18 Å². The molecule has 0 aromatic heterocycles. The molecule has 0 unspecified atom stereocenters. The molecule has 1 amide bonds. The van der Waals surface area contributed by atoms with Crippen LogP contribution in [-0.4, -0.2) is 23.9 Å². The summed E-state index contributed by atoms with van der Waals surface area (Å²) in [4.78, 5) is 10.9. The van der Waals surface area contributed by atoms with E-state index in [4.69, 9.17) is 5.21 Å². The highest BCUT2D eigenvalue weighted by atomic mass is 19.4. The summed E-state index contributed by atoms with van der Waals surface area (Å²) >= 11 is 0. The summed E-state index contributed by atoms with van der Waals surface area (Å²) in [5, 5.41) is 8.32. The minimum Gasteiger partial charge on any atom is -0.484 e. The van der Waals surface area contributed by atoms with Crippen molar-refractivity contribution in [3.8, 4) is 5.75 Å². The van der Waals surface area contributed by atoms with Crippen molar-refractivity contribution in [1.82, 2.24) is 5.48 Å². The van der Waals surface area contributed by atoms with Gasteiger partial charge in [-0.05, 0) is 18.2 Å². The van der Waals surface area contributed by atoms with Gasteiger partial charge in [0.1, 0.15) is 5.75 Å². The summed E-state index contributed by atoms with van der Waals surface area (Å²) in [6.45, 7) is -1.43. The minimum atomic E-state index is -4.44. The molecule has 16 heavy (non-hydrogen) atoms. The van der Waals surface area contributed by atoms with Gasteiger partial charge in [-0.25, -0.2) is 5.48 Å². The van der Waals surface area contributed by atoms with E-state index in [1.807, 2.05) is 0 Å². The van der Waals surface area contributed by atoms with Crippen LogP contribution in [0, 0.1) is 0 Å². The Morgan fingerprint density at radius 1 is 1.44 bits per heavy atom. The van der Waals surface area contributed by atoms with Gasteiger partial charge in [-0.15, -0.1) is 0 Å². The largest absolute Gasteiger partial charge is 0.484 e. The molecule has 7 heteroatoms. The first-order chi connectivity index (χ1) is 7.42. The quantitative estimate of drug-likeness (QED) is 0.619. The standard InChI is InChI=1S/C9H8F3NO3/c10-9(11,12)5-16-7-3-1-2-6(4-7)8(14)13-15/h1-4,15H,5H2,(H,13,14). The lowest BCUT2D eigenvalue weighted by molar-refractivity contribution is -0.153. The number of halogens is 3. The summed E-state index contributed by atoms with van der Waals surface area (Å²) < 4.78 is 39.9. The molecule has 0 aliphatic carbocycles. The zero-order chi connectivity index (χ0) is 12.2. The first-order valence-electron chi connectivity index (χ1n) is 4.16. The lowest BCUT2D eigenvalue weighted by atomic mass is 10.2. The molecule has 0 spiro atoms. The molecule has 2 N–H and O–H groups in total. The second-order valence-electron chi connectivity index (χ2n) is 2.87. The summed E-state index contributed by atoms with van der Waals surface area (Å²) in [6, 6.07) is 5.04. The van der Waals surface area contributed by atoms with Gasteiger partial charge in [-0.3, -0.25) is 10.0 Å². The number of rotatable bonds is 3. The average Bonchev–Trinajstić information content (AvgIpc) is 2.25. The van der Waals surface area contributed by atoms with Crippen LogP contribution in [0.3, 0.4) is 0 Å². The topological polar surface area (TPSA) is 58.6 Å². The fraction of sp³-hybridized carbons (Fsp3) is 0.222. The number of benzene rings is 1. The van der Waals surface area contributed by atoms with E-state index in [2.05, 4.69) is 4.74 Å². The van der Waals surface area contributed by atoms with E-state index in [0.717, 1.165) is 6.07 Å². The highest BCUT2D eigenvalue weighted by Crippen LogP contribution is 2.19. The van der Waals surface area contributed by atoms with Gasteiger partial charge in [0.2, 0.25) is 0 Å². The zero-order valence-electron chi connectivity index (χ0n) is 7.91. The van der Waals surface area contributed by atoms with E-state index in [-0.39, 0.29) is 11.3 Å². The van der Waals surface area contributed by atoms with Crippen LogP contribution >= 0.6 is 0 Å². The third-order valence-electron chi connectivity index (χ3n) is 1.60. The van der Waals surface area contributed by atoms with E-state index < -0.39 is 18.7 Å². The molecule has 1 rings (SSSR count). The highest BCUT2D eigenvalue weighted by molar-refractivity contribution is 5.93. The molecule has 0 aliphatic heterocycles. The van der Waals surface area contributed by atoms with Gasteiger partial charge in [-0.1, -0.05) is 6.07 Å². The van der Waals surface area contributed by atoms with Crippen LogP contribution in [0.5, 0.6) is 5.75 Å². The van der Waals surface area contributed by atoms with E-state index in [0.29, 0.717) is 0 Å². The van der Waals surface area contributed by atoms with Crippen molar-refractivity contribution in [2.75, 3.05) is 6.61 Å². The van der Waals surface area contributed by atoms with Crippen LogP contribution in [-0.2, 0) is 0 Å². The Balaban J connectivity index is 2.71. The number of carbonyl (C=O) groups excluding carboxylic acids is 1. The van der Waals surface area contributed by atoms with Crippen LogP contribution < -0.4 is 10.2 Å². The minimum absolute atomic E-state index is 0.00201. The smallest absolute Gasteiger partial charge is 0.422 e. The second-order valence-corrected chi connectivity index (χ2v) is 2.87. The number of hydrogen-bond donors (Lipinski definition) is 2. The Kier molecular flexibility index (Phi) is 3.73. The van der Waals surface area contributed by atoms with Crippen LogP contribution in [0.15, 0.2) is 24.3 Å². The Morgan fingerprint density at radius 2 is 2.12 bits per heavy atom. The molecule has 0 atom stereocenters. The molecule has 1 aromatic carbocycles. The maximum absolute atomic E-state index is 11.8. The normalized spacial score (nSPS) is 11.0. The Bertz CT molecular complexity index is 379. The summed E-state index contributed by atoms with van der Waals surface area (Å²) in [5.41, 5.74) is 1.37. The number of alkyl halides is 3. The molecule has 0 bridgehead atoms. The first kappa shape index (κ1) is 12.3. The monoisotopic (exact) mass is 235 g/mol. The van der Waals surface area contributed by atoms with Gasteiger partial charge in [0, 0.05) is 5.56 Å². The van der Waals surface area contributed by atoms with Crippen molar-refractivity contribution in [3.05, 3.63) is 29.8 Å². The van der Waals surface area contributed by atoms with E-state index in [1.54, 1.807) is 0 Å². The summed E-state index contributed by atoms with van der Waals surface area (Å²) in [7, 11) is 0. The number of amides is 1. The van der Waals surface area contributed by atoms with Crippen LogP contribution in [0.1, 0.15) is 10.4 Å². The predicted octanol–water partition coefficient (Wildman–Crippen LogP) is 1.75. The van der Waals surface area contributed by atoms with Crippen LogP contribution in [0.4, 0.5) is 13.2 Å². The zero-order valence-corrected chi connectivity index (χ0v) is 7.91. The average molecular weight is 235 g/mol. The van der Waals surface area contributed by atoms with Crippen molar-refractivity contribution in [3.63, 3.8) is 0 Å². The molecular formula is C9H8F3NO3. The Labute approximate surface area is 88.6 Å². The van der Waals surface area contributed by atoms with Gasteiger partial charge in [0.25, 0.3) is 5.91 Å². The molecule has 0 fully saturated rings. The number of nitrogens with one attached hydrogen (secondary N) is 1. The molecule has 0 saturated heterocycles. The third kappa shape index (κ3) is 3.77. The van der Waals surface area contributed by atoms with E-state index >= 15 is 0 Å². The van der Waals surface area contributed by atoms with Crippen molar-refractivity contribution in [1.29, 1.82) is 0 Å². The van der Waals surface area contributed by atoms with Gasteiger partial charge < -0.3 is 4.74 Å². The molecule has 88 valence electrons. The van der Waals surface area contributed by atoms with Crippen molar-refractivity contribution < 1.29 is 27.9 Å². The molecule has 0 aliphatic rings. The van der Waals surface area contributed by atoms with Gasteiger partial charge >= 0.3 is 6.18 Å². The Hall–Kier alpha value is -1.76. The van der Waals surface area contributed by atoms with Gasteiger partial charge in [0.15, 0.2) is 6.61 Å². The molecule has 0 radical (unpaired) electrons. The number of hydrogen-bond acceptors (Lipinski definition) is 3. The van der Waals surface area contributed by atoms with Crippen LogP contribution in [0.25, 0.3) is 0 Å². The molecule has 4 nitrogen and oxygen atoms in total. The lowest BCUT2D eigenvalue weighted by Gasteiger charge is -2.09. The fourth-order valence-electron chi connectivity index (χ4n) is 0.957. The Morgan fingerprint density at radius 3 is 2.69 bits per heavy atom. The maximum Gasteiger partial charge on any atom is 0.422 e. The molecule has 1 aromatic rings. The predicted molar refractivity (Wildman–Crippen MR) is 47.2 cm³/mol.